The van der Waals surface area contributed by atoms with Crippen molar-refractivity contribution in [3.63, 3.8) is 0 Å². The van der Waals surface area contributed by atoms with Gasteiger partial charge >= 0.3 is 6.36 Å². The lowest BCUT2D eigenvalue weighted by molar-refractivity contribution is -0.274. The van der Waals surface area contributed by atoms with Crippen molar-refractivity contribution in [1.82, 2.24) is 9.80 Å². The minimum Gasteiger partial charge on any atom is -0.406 e. The predicted octanol–water partition coefficient (Wildman–Crippen LogP) is 3.79. The number of nitrogens with one attached hydrogen (secondary N) is 2. The molecule has 0 aliphatic carbocycles. The quantitative estimate of drug-likeness (QED) is 0.634. The number of nitrogens with zero attached hydrogens (tertiary/aromatic N) is 2. The van der Waals surface area contributed by atoms with Gasteiger partial charge in [-0.2, -0.15) is 0 Å². The Morgan fingerprint density at radius 3 is 2.12 bits per heavy atom. The van der Waals surface area contributed by atoms with E-state index in [1.165, 1.54) is 12.1 Å². The van der Waals surface area contributed by atoms with Gasteiger partial charge in [0.1, 0.15) is 5.75 Å². The van der Waals surface area contributed by atoms with Crippen LogP contribution in [0.4, 0.5) is 24.5 Å². The molecule has 0 bridgehead atoms. The van der Waals surface area contributed by atoms with E-state index in [1.54, 1.807) is 6.92 Å². The molecule has 0 saturated carbocycles. The van der Waals surface area contributed by atoms with Crippen LogP contribution >= 0.6 is 0 Å². The highest BCUT2D eigenvalue weighted by Gasteiger charge is 2.31. The largest absolute Gasteiger partial charge is 0.573 e. The molecule has 2 N–H and O–H groups in total. The maximum Gasteiger partial charge on any atom is 0.573 e. The molecule has 1 aliphatic rings. The Hall–Kier alpha value is -3.11. The van der Waals surface area contributed by atoms with Crippen molar-refractivity contribution >= 4 is 23.2 Å². The van der Waals surface area contributed by atoms with Crippen LogP contribution in [0.15, 0.2) is 42.5 Å². The summed E-state index contributed by atoms with van der Waals surface area (Å²) in [5.41, 5.74) is 3.25. The Morgan fingerprint density at radius 2 is 1.56 bits per heavy atom. The first-order valence-corrected chi connectivity index (χ1v) is 11.0. The van der Waals surface area contributed by atoms with Gasteiger partial charge in [-0.15, -0.1) is 13.2 Å². The fourth-order valence-electron chi connectivity index (χ4n) is 3.85. The van der Waals surface area contributed by atoms with Crippen molar-refractivity contribution in [3.05, 3.63) is 53.6 Å². The highest BCUT2D eigenvalue weighted by molar-refractivity contribution is 5.95. The summed E-state index contributed by atoms with van der Waals surface area (Å²) in [5.74, 6) is -0.684. The van der Waals surface area contributed by atoms with E-state index in [0.29, 0.717) is 31.9 Å². The Kier molecular flexibility index (Phi) is 8.16. The highest BCUT2D eigenvalue weighted by atomic mass is 19.4. The van der Waals surface area contributed by atoms with Crippen LogP contribution in [0.5, 0.6) is 5.75 Å². The number of ether oxygens (including phenoxy) is 1. The van der Waals surface area contributed by atoms with Crippen molar-refractivity contribution in [2.24, 2.45) is 0 Å². The van der Waals surface area contributed by atoms with Crippen LogP contribution in [-0.2, 0) is 9.59 Å². The average Bonchev–Trinajstić information content (AvgIpc) is 2.77. The number of anilines is 2. The number of aryl methyl sites for hydroxylation is 2. The van der Waals surface area contributed by atoms with E-state index >= 15 is 0 Å². The third-order valence-electron chi connectivity index (χ3n) is 5.80. The molecule has 3 rings (SSSR count). The second-order valence-electron chi connectivity index (χ2n) is 8.36. The molecule has 2 amide bonds. The first-order valence-electron chi connectivity index (χ1n) is 11.0. The molecule has 34 heavy (non-hydrogen) atoms. The van der Waals surface area contributed by atoms with E-state index in [4.69, 9.17) is 0 Å². The molecule has 1 fully saturated rings. The molecule has 184 valence electrons. The molecule has 0 aromatic heterocycles. The lowest BCUT2D eigenvalue weighted by Gasteiger charge is -2.37. The van der Waals surface area contributed by atoms with E-state index < -0.39 is 12.4 Å². The van der Waals surface area contributed by atoms with Crippen molar-refractivity contribution in [1.29, 1.82) is 0 Å². The Labute approximate surface area is 196 Å². The maximum atomic E-state index is 12.6. The summed E-state index contributed by atoms with van der Waals surface area (Å²) in [6, 6.07) is 10.4. The standard InChI is InChI=1S/C24H29F3N4O3/c1-16-5-4-6-17(2)22(16)29-21(32)15-30-11-13-31(14-12-30)18(3)23(33)28-19-7-9-20(10-8-19)34-24(25,26)27/h4-10,18H,11-15H2,1-3H3,(H,28,33)(H,29,32). The van der Waals surface area contributed by atoms with Gasteiger partial charge < -0.3 is 15.4 Å². The number of rotatable bonds is 7. The number of hydrogen-bond acceptors (Lipinski definition) is 5. The zero-order valence-corrected chi connectivity index (χ0v) is 19.4. The number of alkyl halides is 3. The monoisotopic (exact) mass is 478 g/mol. The minimum atomic E-state index is -4.76. The summed E-state index contributed by atoms with van der Waals surface area (Å²) in [6.07, 6.45) is -4.76. The summed E-state index contributed by atoms with van der Waals surface area (Å²) in [6.45, 7) is 8.47. The molecule has 2 aromatic carbocycles. The maximum absolute atomic E-state index is 12.6. The molecule has 10 heteroatoms. The number of piperazine rings is 1. The molecule has 1 unspecified atom stereocenters. The molecule has 0 radical (unpaired) electrons. The van der Waals surface area contributed by atoms with Crippen molar-refractivity contribution in [2.45, 2.75) is 33.2 Å². The van der Waals surface area contributed by atoms with Gasteiger partial charge in [0.15, 0.2) is 0 Å². The number of benzene rings is 2. The van der Waals surface area contributed by atoms with Gasteiger partial charge in [-0.25, -0.2) is 0 Å². The number of para-hydroxylation sites is 1. The number of halogens is 3. The number of amides is 2. The summed E-state index contributed by atoms with van der Waals surface area (Å²) in [5, 5.41) is 5.71. The van der Waals surface area contributed by atoms with E-state index in [2.05, 4.69) is 15.4 Å². The van der Waals surface area contributed by atoms with Crippen LogP contribution in [0.25, 0.3) is 0 Å². The third-order valence-corrected chi connectivity index (χ3v) is 5.80. The van der Waals surface area contributed by atoms with Gasteiger partial charge in [-0.05, 0) is 56.2 Å². The van der Waals surface area contributed by atoms with Crippen LogP contribution in [0.3, 0.4) is 0 Å². The Morgan fingerprint density at radius 1 is 0.971 bits per heavy atom. The molecule has 1 heterocycles. The first kappa shape index (κ1) is 25.5. The second-order valence-corrected chi connectivity index (χ2v) is 8.36. The van der Waals surface area contributed by atoms with Crippen LogP contribution in [-0.4, -0.2) is 66.7 Å². The first-order chi connectivity index (χ1) is 16.0. The number of carbonyl (C=O) groups excluding carboxylic acids is 2. The van der Waals surface area contributed by atoms with E-state index in [0.717, 1.165) is 28.9 Å². The van der Waals surface area contributed by atoms with Gasteiger partial charge in [0.05, 0.1) is 12.6 Å². The van der Waals surface area contributed by atoms with Crippen molar-refractivity contribution in [2.75, 3.05) is 43.4 Å². The topological polar surface area (TPSA) is 73.9 Å². The molecule has 1 aliphatic heterocycles. The zero-order valence-electron chi connectivity index (χ0n) is 19.4. The van der Waals surface area contributed by atoms with Gasteiger partial charge in [0, 0.05) is 37.6 Å². The van der Waals surface area contributed by atoms with E-state index in [1.807, 2.05) is 41.8 Å². The zero-order chi connectivity index (χ0) is 24.9. The Bertz CT molecular complexity index is 983. The van der Waals surface area contributed by atoms with Gasteiger partial charge in [-0.1, -0.05) is 18.2 Å². The average molecular weight is 479 g/mol. The molecular weight excluding hydrogens is 449 g/mol. The van der Waals surface area contributed by atoms with Crippen molar-refractivity contribution in [3.8, 4) is 5.75 Å². The molecule has 1 atom stereocenters. The van der Waals surface area contributed by atoms with Gasteiger partial charge in [0.2, 0.25) is 11.8 Å². The van der Waals surface area contributed by atoms with Crippen molar-refractivity contribution < 1.29 is 27.5 Å². The normalized spacial score (nSPS) is 16.1. The minimum absolute atomic E-state index is 0.0745. The number of carbonyl (C=O) groups is 2. The van der Waals surface area contributed by atoms with Gasteiger partial charge in [-0.3, -0.25) is 19.4 Å². The fourth-order valence-corrected chi connectivity index (χ4v) is 3.85. The SMILES string of the molecule is Cc1cccc(C)c1NC(=O)CN1CCN(C(C)C(=O)Nc2ccc(OC(F)(F)F)cc2)CC1. The van der Waals surface area contributed by atoms with Crippen LogP contribution in [0.2, 0.25) is 0 Å². The molecule has 2 aromatic rings. The second kappa shape index (κ2) is 10.9. The van der Waals surface area contributed by atoms with E-state index in [9.17, 15) is 22.8 Å². The molecular formula is C24H29F3N4O3. The van der Waals surface area contributed by atoms with Gasteiger partial charge in [0.25, 0.3) is 0 Å². The summed E-state index contributed by atoms with van der Waals surface area (Å²) in [4.78, 5) is 29.2. The lowest BCUT2D eigenvalue weighted by Crippen LogP contribution is -2.53. The van der Waals surface area contributed by atoms with Crippen LogP contribution in [0, 0.1) is 13.8 Å². The Balaban J connectivity index is 1.45. The number of hydrogen-bond donors (Lipinski definition) is 2. The summed E-state index contributed by atoms with van der Waals surface area (Å²) < 4.78 is 40.6. The molecule has 0 spiro atoms. The van der Waals surface area contributed by atoms with E-state index in [-0.39, 0.29) is 24.1 Å². The smallest absolute Gasteiger partial charge is 0.406 e. The molecule has 1 saturated heterocycles. The fraction of sp³-hybridized carbons (Fsp3) is 0.417. The summed E-state index contributed by atoms with van der Waals surface area (Å²) in [7, 11) is 0. The summed E-state index contributed by atoms with van der Waals surface area (Å²) >= 11 is 0. The van der Waals surface area contributed by atoms with Crippen LogP contribution < -0.4 is 15.4 Å². The van der Waals surface area contributed by atoms with Crippen LogP contribution in [0.1, 0.15) is 18.1 Å². The highest BCUT2D eigenvalue weighted by Crippen LogP contribution is 2.24. The lowest BCUT2D eigenvalue weighted by atomic mass is 10.1. The third kappa shape index (κ3) is 7.19. The molecule has 7 nitrogen and oxygen atoms in total. The predicted molar refractivity (Wildman–Crippen MR) is 124 cm³/mol.